The zero-order valence-corrected chi connectivity index (χ0v) is 11.4. The Balaban J connectivity index is 2.12. The maximum Gasteiger partial charge on any atom is 0.243 e. The van der Waals surface area contributed by atoms with E-state index in [0.717, 1.165) is 6.07 Å². The van der Waals surface area contributed by atoms with Gasteiger partial charge in [-0.2, -0.15) is 0 Å². The number of ether oxygens (including phenoxy) is 1. The quantitative estimate of drug-likeness (QED) is 0.837. The molecule has 0 spiro atoms. The summed E-state index contributed by atoms with van der Waals surface area (Å²) in [5.41, 5.74) is 5.93. The molecule has 19 heavy (non-hydrogen) atoms. The molecule has 2 rings (SSSR count). The standard InChI is InChI=1S/C12H17FN2O3S/c1-18-10-5-9(6-10)15-19(16,17)12-3-2-8(7-14)4-11(12)13/h2-4,9-10,15H,5-7,14H2,1H3. The molecule has 0 amide bonds. The summed E-state index contributed by atoms with van der Waals surface area (Å²) in [4.78, 5) is -0.342. The zero-order chi connectivity index (χ0) is 14.0. The highest BCUT2D eigenvalue weighted by molar-refractivity contribution is 7.89. The van der Waals surface area contributed by atoms with Gasteiger partial charge in [0.15, 0.2) is 0 Å². The van der Waals surface area contributed by atoms with Crippen molar-refractivity contribution < 1.29 is 17.5 Å². The molecule has 0 aromatic heterocycles. The Bertz CT molecular complexity index is 556. The number of halogens is 1. The first kappa shape index (κ1) is 14.4. The molecule has 1 saturated carbocycles. The second-order valence-electron chi connectivity index (χ2n) is 4.62. The van der Waals surface area contributed by atoms with Gasteiger partial charge in [-0.3, -0.25) is 0 Å². The molecular formula is C12H17FN2O3S. The van der Waals surface area contributed by atoms with E-state index in [1.54, 1.807) is 7.11 Å². The van der Waals surface area contributed by atoms with Gasteiger partial charge in [0.2, 0.25) is 10.0 Å². The third-order valence-corrected chi connectivity index (χ3v) is 4.83. The van der Waals surface area contributed by atoms with Gasteiger partial charge in [0.1, 0.15) is 10.7 Å². The third kappa shape index (κ3) is 3.11. The number of benzene rings is 1. The van der Waals surface area contributed by atoms with Gasteiger partial charge in [0.05, 0.1) is 6.10 Å². The number of rotatable bonds is 5. The summed E-state index contributed by atoms with van der Waals surface area (Å²) in [5, 5.41) is 0. The van der Waals surface area contributed by atoms with Crippen LogP contribution in [-0.4, -0.2) is 27.7 Å². The van der Waals surface area contributed by atoms with E-state index in [2.05, 4.69) is 4.72 Å². The molecule has 1 fully saturated rings. The van der Waals surface area contributed by atoms with E-state index in [4.69, 9.17) is 10.5 Å². The van der Waals surface area contributed by atoms with E-state index in [1.165, 1.54) is 12.1 Å². The van der Waals surface area contributed by atoms with Crippen molar-refractivity contribution in [1.82, 2.24) is 4.72 Å². The molecule has 1 aromatic rings. The average Bonchev–Trinajstić information content (AvgIpc) is 2.32. The summed E-state index contributed by atoms with van der Waals surface area (Å²) < 4.78 is 45.3. The molecule has 7 heteroatoms. The lowest BCUT2D eigenvalue weighted by Crippen LogP contribution is -2.47. The van der Waals surface area contributed by atoms with Crippen molar-refractivity contribution in [3.05, 3.63) is 29.6 Å². The van der Waals surface area contributed by atoms with E-state index >= 15 is 0 Å². The van der Waals surface area contributed by atoms with Gasteiger partial charge in [-0.15, -0.1) is 0 Å². The highest BCUT2D eigenvalue weighted by Crippen LogP contribution is 2.25. The lowest BCUT2D eigenvalue weighted by molar-refractivity contribution is 0.0236. The molecule has 1 aliphatic rings. The Morgan fingerprint density at radius 2 is 2.16 bits per heavy atom. The SMILES string of the molecule is COC1CC(NS(=O)(=O)c2ccc(CN)cc2F)C1. The van der Waals surface area contributed by atoms with Crippen LogP contribution in [0, 0.1) is 5.82 Å². The molecule has 5 nitrogen and oxygen atoms in total. The monoisotopic (exact) mass is 288 g/mol. The Morgan fingerprint density at radius 1 is 1.47 bits per heavy atom. The van der Waals surface area contributed by atoms with Gasteiger partial charge < -0.3 is 10.5 Å². The lowest BCUT2D eigenvalue weighted by Gasteiger charge is -2.34. The van der Waals surface area contributed by atoms with Crippen LogP contribution in [0.2, 0.25) is 0 Å². The lowest BCUT2D eigenvalue weighted by atomic mass is 9.90. The van der Waals surface area contributed by atoms with Gasteiger partial charge in [-0.25, -0.2) is 17.5 Å². The van der Waals surface area contributed by atoms with E-state index < -0.39 is 15.8 Å². The van der Waals surface area contributed by atoms with Crippen molar-refractivity contribution in [1.29, 1.82) is 0 Å². The first-order valence-corrected chi connectivity index (χ1v) is 7.48. The summed E-state index contributed by atoms with van der Waals surface area (Å²) in [6, 6.07) is 3.71. The summed E-state index contributed by atoms with van der Waals surface area (Å²) in [6.07, 6.45) is 1.30. The second kappa shape index (κ2) is 5.54. The number of nitrogens with one attached hydrogen (secondary N) is 1. The first-order valence-electron chi connectivity index (χ1n) is 6.00. The molecule has 1 aliphatic carbocycles. The van der Waals surface area contributed by atoms with Crippen molar-refractivity contribution in [2.24, 2.45) is 5.73 Å². The van der Waals surface area contributed by atoms with Gasteiger partial charge in [-0.05, 0) is 30.5 Å². The van der Waals surface area contributed by atoms with Gasteiger partial charge >= 0.3 is 0 Å². The number of nitrogens with two attached hydrogens (primary N) is 1. The van der Waals surface area contributed by atoms with Gasteiger partial charge in [0, 0.05) is 19.7 Å². The Hall–Kier alpha value is -1.02. The van der Waals surface area contributed by atoms with Crippen LogP contribution < -0.4 is 10.5 Å². The highest BCUT2D eigenvalue weighted by atomic mass is 32.2. The second-order valence-corrected chi connectivity index (χ2v) is 6.30. The van der Waals surface area contributed by atoms with Crippen molar-refractivity contribution in [3.8, 4) is 0 Å². The summed E-state index contributed by atoms with van der Waals surface area (Å²) >= 11 is 0. The summed E-state index contributed by atoms with van der Waals surface area (Å²) in [5.74, 6) is -0.780. The average molecular weight is 288 g/mol. The zero-order valence-electron chi connectivity index (χ0n) is 10.6. The predicted molar refractivity (Wildman–Crippen MR) is 68.4 cm³/mol. The summed E-state index contributed by atoms with van der Waals surface area (Å²) in [7, 11) is -2.25. The fraction of sp³-hybridized carbons (Fsp3) is 0.500. The van der Waals surface area contributed by atoms with Crippen LogP contribution in [0.4, 0.5) is 4.39 Å². The van der Waals surface area contributed by atoms with Gasteiger partial charge in [0.25, 0.3) is 0 Å². The topological polar surface area (TPSA) is 81.4 Å². The number of hydrogen-bond acceptors (Lipinski definition) is 4. The summed E-state index contributed by atoms with van der Waals surface area (Å²) in [6.45, 7) is 0.169. The number of methoxy groups -OCH3 is 1. The van der Waals surface area contributed by atoms with E-state index in [9.17, 15) is 12.8 Å². The number of hydrogen-bond donors (Lipinski definition) is 2. The van der Waals surface area contributed by atoms with Crippen LogP contribution in [0.3, 0.4) is 0 Å². The normalized spacial score (nSPS) is 23.1. The van der Waals surface area contributed by atoms with E-state index in [-0.39, 0.29) is 23.6 Å². The van der Waals surface area contributed by atoms with Crippen LogP contribution in [-0.2, 0) is 21.3 Å². The molecule has 0 radical (unpaired) electrons. The molecule has 0 saturated heterocycles. The fourth-order valence-electron chi connectivity index (χ4n) is 2.03. The minimum Gasteiger partial charge on any atom is -0.381 e. The third-order valence-electron chi connectivity index (χ3n) is 3.27. The molecule has 1 aromatic carbocycles. The Kier molecular flexibility index (Phi) is 4.19. The molecule has 0 bridgehead atoms. The Labute approximate surface area is 112 Å². The molecule has 106 valence electrons. The van der Waals surface area contributed by atoms with E-state index in [1.807, 2.05) is 0 Å². The smallest absolute Gasteiger partial charge is 0.243 e. The maximum atomic E-state index is 13.7. The number of sulfonamides is 1. The Morgan fingerprint density at radius 3 is 2.68 bits per heavy atom. The minimum atomic E-state index is -3.83. The van der Waals surface area contributed by atoms with Crippen LogP contribution in [0.1, 0.15) is 18.4 Å². The van der Waals surface area contributed by atoms with Crippen LogP contribution in [0.15, 0.2) is 23.1 Å². The molecule has 0 atom stereocenters. The predicted octanol–water partition coefficient (Wildman–Crippen LogP) is 0.740. The molecule has 0 unspecified atom stereocenters. The van der Waals surface area contributed by atoms with E-state index in [0.29, 0.717) is 18.4 Å². The molecular weight excluding hydrogens is 271 g/mol. The van der Waals surface area contributed by atoms with Crippen LogP contribution in [0.5, 0.6) is 0 Å². The minimum absolute atomic E-state index is 0.0807. The largest absolute Gasteiger partial charge is 0.381 e. The van der Waals surface area contributed by atoms with Crippen molar-refractivity contribution in [2.75, 3.05) is 7.11 Å². The molecule has 0 aliphatic heterocycles. The maximum absolute atomic E-state index is 13.7. The van der Waals surface area contributed by atoms with Crippen molar-refractivity contribution >= 4 is 10.0 Å². The van der Waals surface area contributed by atoms with Crippen molar-refractivity contribution in [2.45, 2.75) is 36.4 Å². The van der Waals surface area contributed by atoms with Crippen LogP contribution >= 0.6 is 0 Å². The molecule has 3 N–H and O–H groups in total. The first-order chi connectivity index (χ1) is 8.96. The van der Waals surface area contributed by atoms with Crippen LogP contribution in [0.25, 0.3) is 0 Å². The molecule has 0 heterocycles. The van der Waals surface area contributed by atoms with Gasteiger partial charge in [-0.1, -0.05) is 6.07 Å². The highest BCUT2D eigenvalue weighted by Gasteiger charge is 2.33. The fourth-order valence-corrected chi connectivity index (χ4v) is 3.35. The van der Waals surface area contributed by atoms with Crippen molar-refractivity contribution in [3.63, 3.8) is 0 Å².